The van der Waals surface area contributed by atoms with Crippen LogP contribution in [0, 0.1) is 0 Å². The SMILES string of the molecule is CCCCCCCCCCCCCC(=O)OCCN(CCCNC1CCN(c2ccncc2)CC1)CCOC(=O)CCCCCCCCCCCCC. The third kappa shape index (κ3) is 27.1. The van der Waals surface area contributed by atoms with Crippen molar-refractivity contribution in [1.82, 2.24) is 15.2 Å². The van der Waals surface area contributed by atoms with Gasteiger partial charge in [-0.2, -0.15) is 0 Å². The first kappa shape index (κ1) is 47.0. The Morgan fingerprint density at radius 1 is 0.623 bits per heavy atom. The Hall–Kier alpha value is -2.19. The highest BCUT2D eigenvalue weighted by molar-refractivity contribution is 5.69. The molecular weight excluding hydrogens is 661 g/mol. The average Bonchev–Trinajstić information content (AvgIpc) is 3.18. The minimum absolute atomic E-state index is 0.0842. The number of pyridine rings is 1. The predicted octanol–water partition coefficient (Wildman–Crippen LogP) is 10.8. The maximum atomic E-state index is 12.5. The zero-order valence-corrected chi connectivity index (χ0v) is 34.6. The smallest absolute Gasteiger partial charge is 0.305 e. The number of unbranched alkanes of at least 4 members (excludes halogenated alkanes) is 20. The van der Waals surface area contributed by atoms with Crippen LogP contribution < -0.4 is 10.2 Å². The van der Waals surface area contributed by atoms with Gasteiger partial charge in [0, 0.05) is 63.1 Å². The van der Waals surface area contributed by atoms with E-state index in [0.717, 1.165) is 71.1 Å². The number of esters is 2. The van der Waals surface area contributed by atoms with E-state index in [9.17, 15) is 9.59 Å². The number of carbonyl (C=O) groups excluding carboxylic acids is 2. The molecule has 0 bridgehead atoms. The largest absolute Gasteiger partial charge is 0.464 e. The van der Waals surface area contributed by atoms with Gasteiger partial charge < -0.3 is 19.7 Å². The van der Waals surface area contributed by atoms with Gasteiger partial charge in [0.05, 0.1) is 0 Å². The number of carbonyl (C=O) groups is 2. The average molecular weight is 743 g/mol. The van der Waals surface area contributed by atoms with Crippen molar-refractivity contribution in [1.29, 1.82) is 0 Å². The molecule has 1 fully saturated rings. The third-order valence-corrected chi connectivity index (χ3v) is 10.9. The molecule has 0 amide bonds. The van der Waals surface area contributed by atoms with E-state index >= 15 is 0 Å². The number of hydrogen-bond donors (Lipinski definition) is 1. The van der Waals surface area contributed by atoms with Crippen molar-refractivity contribution in [2.45, 2.75) is 193 Å². The molecule has 1 aliphatic heterocycles. The topological polar surface area (TPSA) is 84.0 Å². The van der Waals surface area contributed by atoms with Crippen molar-refractivity contribution in [2.75, 3.05) is 57.4 Å². The molecule has 0 aromatic carbocycles. The maximum Gasteiger partial charge on any atom is 0.305 e. The molecule has 1 aromatic rings. The van der Waals surface area contributed by atoms with Crippen molar-refractivity contribution in [2.24, 2.45) is 0 Å². The van der Waals surface area contributed by atoms with Crippen LogP contribution in [-0.4, -0.2) is 80.3 Å². The Labute approximate surface area is 326 Å². The molecule has 1 aliphatic rings. The van der Waals surface area contributed by atoms with E-state index in [4.69, 9.17) is 9.47 Å². The van der Waals surface area contributed by atoms with E-state index in [-0.39, 0.29) is 11.9 Å². The number of aromatic nitrogens is 1. The lowest BCUT2D eigenvalue weighted by Crippen LogP contribution is -2.43. The number of anilines is 1. The van der Waals surface area contributed by atoms with Gasteiger partial charge >= 0.3 is 11.9 Å². The summed E-state index contributed by atoms with van der Waals surface area (Å²) in [4.78, 5) is 33.8. The van der Waals surface area contributed by atoms with Gasteiger partial charge in [-0.05, 0) is 57.3 Å². The van der Waals surface area contributed by atoms with Crippen molar-refractivity contribution in [3.63, 3.8) is 0 Å². The van der Waals surface area contributed by atoms with Crippen LogP contribution in [0.5, 0.6) is 0 Å². The van der Waals surface area contributed by atoms with E-state index in [0.29, 0.717) is 45.2 Å². The van der Waals surface area contributed by atoms with E-state index in [2.05, 4.69) is 46.1 Å². The van der Waals surface area contributed by atoms with Gasteiger partial charge in [-0.1, -0.05) is 142 Å². The van der Waals surface area contributed by atoms with Crippen molar-refractivity contribution in [3.05, 3.63) is 24.5 Å². The summed E-state index contributed by atoms with van der Waals surface area (Å²) < 4.78 is 11.3. The Balaban J connectivity index is 1.59. The number of rotatable bonds is 36. The van der Waals surface area contributed by atoms with Gasteiger partial charge in [0.1, 0.15) is 13.2 Å². The zero-order valence-electron chi connectivity index (χ0n) is 34.6. The number of nitrogens with one attached hydrogen (secondary N) is 1. The van der Waals surface area contributed by atoms with Crippen molar-refractivity contribution >= 4 is 17.6 Å². The Kier molecular flexibility index (Phi) is 30.4. The summed E-state index contributed by atoms with van der Waals surface area (Å²) in [7, 11) is 0. The molecule has 2 heterocycles. The molecule has 306 valence electrons. The fourth-order valence-corrected chi connectivity index (χ4v) is 7.43. The minimum atomic E-state index is -0.0842. The monoisotopic (exact) mass is 743 g/mol. The zero-order chi connectivity index (χ0) is 37.9. The van der Waals surface area contributed by atoms with Crippen LogP contribution in [0.1, 0.15) is 187 Å². The van der Waals surface area contributed by atoms with Gasteiger partial charge in [0.2, 0.25) is 0 Å². The van der Waals surface area contributed by atoms with Crippen molar-refractivity contribution < 1.29 is 19.1 Å². The first-order chi connectivity index (χ1) is 26.1. The Morgan fingerprint density at radius 2 is 1.04 bits per heavy atom. The number of ether oxygens (including phenoxy) is 2. The first-order valence-electron chi connectivity index (χ1n) is 22.5. The highest BCUT2D eigenvalue weighted by Gasteiger charge is 2.19. The molecule has 8 heteroatoms. The molecular formula is C45H82N4O4. The number of hydrogen-bond acceptors (Lipinski definition) is 8. The number of piperidine rings is 1. The second-order valence-electron chi connectivity index (χ2n) is 15.6. The fourth-order valence-electron chi connectivity index (χ4n) is 7.43. The van der Waals surface area contributed by atoms with Crippen molar-refractivity contribution in [3.8, 4) is 0 Å². The molecule has 0 saturated carbocycles. The summed E-state index contributed by atoms with van der Waals surface area (Å²) in [6, 6.07) is 4.72. The van der Waals surface area contributed by atoms with Crippen LogP contribution in [0.15, 0.2) is 24.5 Å². The fraction of sp³-hybridized carbons (Fsp3) is 0.844. The molecule has 0 unspecified atom stereocenters. The van der Waals surface area contributed by atoms with E-state index in [1.807, 2.05) is 12.4 Å². The highest BCUT2D eigenvalue weighted by atomic mass is 16.5. The summed E-state index contributed by atoms with van der Waals surface area (Å²) >= 11 is 0. The van der Waals surface area contributed by atoms with Crippen LogP contribution in [0.3, 0.4) is 0 Å². The van der Waals surface area contributed by atoms with Gasteiger partial charge in [-0.15, -0.1) is 0 Å². The summed E-state index contributed by atoms with van der Waals surface area (Å²) in [6.07, 6.45) is 36.0. The molecule has 1 saturated heterocycles. The van der Waals surface area contributed by atoms with E-state index in [1.54, 1.807) is 0 Å². The lowest BCUT2D eigenvalue weighted by molar-refractivity contribution is -0.144. The molecule has 8 nitrogen and oxygen atoms in total. The van der Waals surface area contributed by atoms with Crippen LogP contribution >= 0.6 is 0 Å². The summed E-state index contributed by atoms with van der Waals surface area (Å²) in [5.74, 6) is -0.168. The molecule has 2 rings (SSSR count). The first-order valence-corrected chi connectivity index (χ1v) is 22.5. The third-order valence-electron chi connectivity index (χ3n) is 10.9. The molecule has 53 heavy (non-hydrogen) atoms. The number of nitrogens with zero attached hydrogens (tertiary/aromatic N) is 3. The molecule has 1 N–H and O–H groups in total. The standard InChI is InChI=1S/C45H82N4O4/c1-3-5-7-9-11-13-15-17-19-21-23-26-44(50)52-40-38-48(35-25-32-47-42-30-36-49(37-31-42)43-28-33-46-34-29-43)39-41-53-45(51)27-24-22-20-18-16-14-12-10-8-6-4-2/h28-29,33-34,42,47H,3-27,30-32,35-41H2,1-2H3. The summed E-state index contributed by atoms with van der Waals surface area (Å²) in [5.41, 5.74) is 1.26. The quantitative estimate of drug-likeness (QED) is 0.0537. The second kappa shape index (κ2) is 34.3. The molecule has 0 aliphatic carbocycles. The van der Waals surface area contributed by atoms with E-state index in [1.165, 1.54) is 121 Å². The minimum Gasteiger partial charge on any atom is -0.464 e. The van der Waals surface area contributed by atoms with Gasteiger partial charge in [0.15, 0.2) is 0 Å². The normalized spacial score (nSPS) is 13.5. The molecule has 0 spiro atoms. The Morgan fingerprint density at radius 3 is 1.47 bits per heavy atom. The summed E-state index contributed by atoms with van der Waals surface area (Å²) in [5, 5.41) is 3.77. The lowest BCUT2D eigenvalue weighted by atomic mass is 10.0. The van der Waals surface area contributed by atoms with Gasteiger partial charge in [-0.3, -0.25) is 19.5 Å². The Bertz CT molecular complexity index is 928. The van der Waals surface area contributed by atoms with Crippen LogP contribution in [0.2, 0.25) is 0 Å². The molecule has 0 radical (unpaired) electrons. The molecule has 1 aromatic heterocycles. The lowest BCUT2D eigenvalue weighted by Gasteiger charge is -2.34. The second-order valence-corrected chi connectivity index (χ2v) is 15.6. The van der Waals surface area contributed by atoms with Crippen LogP contribution in [0.4, 0.5) is 5.69 Å². The maximum absolute atomic E-state index is 12.5. The predicted molar refractivity (Wildman–Crippen MR) is 223 cm³/mol. The van der Waals surface area contributed by atoms with Crippen LogP contribution in [-0.2, 0) is 19.1 Å². The van der Waals surface area contributed by atoms with Gasteiger partial charge in [-0.25, -0.2) is 0 Å². The highest BCUT2D eigenvalue weighted by Crippen LogP contribution is 2.19. The van der Waals surface area contributed by atoms with E-state index < -0.39 is 0 Å². The van der Waals surface area contributed by atoms with Gasteiger partial charge in [0.25, 0.3) is 0 Å². The summed E-state index contributed by atoms with van der Waals surface area (Å²) in [6.45, 7) is 10.6. The van der Waals surface area contributed by atoms with Crippen LogP contribution in [0.25, 0.3) is 0 Å². The molecule has 0 atom stereocenters.